The molecule has 1 heterocycles. The van der Waals surface area contributed by atoms with Crippen molar-refractivity contribution >= 4 is 5.97 Å². The molecule has 0 aromatic heterocycles. The van der Waals surface area contributed by atoms with E-state index in [0.29, 0.717) is 13.2 Å². The average Bonchev–Trinajstić information content (AvgIpc) is 2.69. The van der Waals surface area contributed by atoms with Crippen molar-refractivity contribution in [2.24, 2.45) is 5.92 Å². The van der Waals surface area contributed by atoms with Crippen LogP contribution >= 0.6 is 0 Å². The quantitative estimate of drug-likeness (QED) is 0.811. The van der Waals surface area contributed by atoms with Gasteiger partial charge in [0, 0.05) is 0 Å². The number of carbonyl (C=O) groups is 1. The molecule has 138 valence electrons. The van der Waals surface area contributed by atoms with Gasteiger partial charge in [-0.05, 0) is 49.9 Å². The van der Waals surface area contributed by atoms with E-state index in [2.05, 4.69) is 4.90 Å². The molecule has 4 nitrogen and oxygen atoms in total. The summed E-state index contributed by atoms with van der Waals surface area (Å²) in [7, 11) is 0. The highest BCUT2D eigenvalue weighted by atomic mass is 16.5. The highest BCUT2D eigenvalue weighted by molar-refractivity contribution is 5.71. The highest BCUT2D eigenvalue weighted by Gasteiger charge is 2.41. The van der Waals surface area contributed by atoms with Gasteiger partial charge in [-0.15, -0.1) is 0 Å². The number of esters is 1. The number of hydrogen-bond acceptors (Lipinski definition) is 4. The van der Waals surface area contributed by atoms with E-state index >= 15 is 0 Å². The molecule has 3 rings (SSSR count). The smallest absolute Gasteiger partial charge is 0.320 e. The fourth-order valence-corrected chi connectivity index (χ4v) is 3.92. The predicted molar refractivity (Wildman–Crippen MR) is 102 cm³/mol. The highest BCUT2D eigenvalue weighted by Crippen LogP contribution is 2.41. The molecule has 26 heavy (non-hydrogen) atoms. The maximum Gasteiger partial charge on any atom is 0.320 e. The Hall–Kier alpha value is -2.17. The van der Waals surface area contributed by atoms with Gasteiger partial charge >= 0.3 is 5.97 Å². The Balaban J connectivity index is 1.79. The molecular formula is C22H27NO3. The van der Waals surface area contributed by atoms with Crippen LogP contribution in [-0.2, 0) is 15.1 Å². The fourth-order valence-electron chi connectivity index (χ4n) is 3.92. The van der Waals surface area contributed by atoms with Gasteiger partial charge in [-0.3, -0.25) is 9.69 Å². The van der Waals surface area contributed by atoms with Crippen molar-refractivity contribution in [3.05, 3.63) is 71.8 Å². The Bertz CT molecular complexity index is 654. The van der Waals surface area contributed by atoms with Crippen LogP contribution in [0.15, 0.2) is 60.7 Å². The minimum absolute atomic E-state index is 0.103. The lowest BCUT2D eigenvalue weighted by Gasteiger charge is -2.42. The molecule has 0 unspecified atom stereocenters. The number of benzene rings is 2. The van der Waals surface area contributed by atoms with Gasteiger partial charge < -0.3 is 9.84 Å². The number of rotatable bonds is 6. The van der Waals surface area contributed by atoms with E-state index < -0.39 is 5.60 Å². The van der Waals surface area contributed by atoms with Crippen LogP contribution < -0.4 is 0 Å². The molecule has 0 atom stereocenters. The van der Waals surface area contributed by atoms with Crippen LogP contribution in [0.5, 0.6) is 0 Å². The second kappa shape index (κ2) is 8.47. The molecule has 1 saturated heterocycles. The van der Waals surface area contributed by atoms with Crippen molar-refractivity contribution in [1.29, 1.82) is 0 Å². The van der Waals surface area contributed by atoms with Crippen LogP contribution in [-0.4, -0.2) is 42.2 Å². The van der Waals surface area contributed by atoms with E-state index in [4.69, 9.17) is 4.74 Å². The van der Waals surface area contributed by atoms with Crippen molar-refractivity contribution in [3.8, 4) is 0 Å². The normalized spacial score (nSPS) is 16.4. The minimum Gasteiger partial charge on any atom is -0.465 e. The summed E-state index contributed by atoms with van der Waals surface area (Å²) in [6.45, 7) is 4.13. The molecule has 0 spiro atoms. The number of carbonyl (C=O) groups excluding carboxylic acids is 1. The Morgan fingerprint density at radius 2 is 1.54 bits per heavy atom. The first-order chi connectivity index (χ1) is 12.6. The SMILES string of the molecule is CCOC(=O)CN1CCC(C(O)(c2ccccc2)c2ccccc2)CC1. The third-order valence-corrected chi connectivity index (χ3v) is 5.26. The van der Waals surface area contributed by atoms with Gasteiger partial charge in [0.1, 0.15) is 5.60 Å². The third-order valence-electron chi connectivity index (χ3n) is 5.26. The van der Waals surface area contributed by atoms with Gasteiger partial charge in [-0.1, -0.05) is 60.7 Å². The van der Waals surface area contributed by atoms with Crippen molar-refractivity contribution in [2.45, 2.75) is 25.4 Å². The van der Waals surface area contributed by atoms with Crippen molar-refractivity contribution in [2.75, 3.05) is 26.2 Å². The van der Waals surface area contributed by atoms with E-state index in [1.165, 1.54) is 0 Å². The zero-order chi connectivity index (χ0) is 18.4. The summed E-state index contributed by atoms with van der Waals surface area (Å²) in [6, 6.07) is 19.8. The largest absolute Gasteiger partial charge is 0.465 e. The number of hydrogen-bond donors (Lipinski definition) is 1. The molecule has 0 radical (unpaired) electrons. The van der Waals surface area contributed by atoms with Crippen LogP contribution in [0.1, 0.15) is 30.9 Å². The van der Waals surface area contributed by atoms with E-state index in [1.807, 2.05) is 67.6 Å². The molecule has 1 aliphatic rings. The van der Waals surface area contributed by atoms with Crippen molar-refractivity contribution in [3.63, 3.8) is 0 Å². The molecule has 4 heteroatoms. The molecular weight excluding hydrogens is 326 g/mol. The topological polar surface area (TPSA) is 49.8 Å². The van der Waals surface area contributed by atoms with E-state index in [0.717, 1.165) is 37.1 Å². The molecule has 2 aromatic carbocycles. The number of piperidine rings is 1. The maximum absolute atomic E-state index is 11.8. The lowest BCUT2D eigenvalue weighted by molar-refractivity contribution is -0.145. The molecule has 1 N–H and O–H groups in total. The van der Waals surface area contributed by atoms with Crippen LogP contribution in [0.3, 0.4) is 0 Å². The second-order valence-corrected chi connectivity index (χ2v) is 6.85. The molecule has 1 aliphatic heterocycles. The first-order valence-electron chi connectivity index (χ1n) is 9.36. The Morgan fingerprint density at radius 3 is 2.00 bits per heavy atom. The summed E-state index contributed by atoms with van der Waals surface area (Å²) in [5, 5.41) is 11.8. The zero-order valence-corrected chi connectivity index (χ0v) is 15.3. The Morgan fingerprint density at radius 1 is 1.04 bits per heavy atom. The van der Waals surface area contributed by atoms with Crippen molar-refractivity contribution < 1.29 is 14.6 Å². The fraction of sp³-hybridized carbons (Fsp3) is 0.409. The maximum atomic E-state index is 11.8. The first kappa shape index (κ1) is 18.6. The van der Waals surface area contributed by atoms with Crippen LogP contribution in [0.2, 0.25) is 0 Å². The summed E-state index contributed by atoms with van der Waals surface area (Å²) in [6.07, 6.45) is 1.67. The summed E-state index contributed by atoms with van der Waals surface area (Å²) >= 11 is 0. The lowest BCUT2D eigenvalue weighted by Crippen LogP contribution is -2.45. The number of likely N-dealkylation sites (tertiary alicyclic amines) is 1. The van der Waals surface area contributed by atoms with Crippen LogP contribution in [0.25, 0.3) is 0 Å². The van der Waals surface area contributed by atoms with Gasteiger partial charge in [-0.2, -0.15) is 0 Å². The zero-order valence-electron chi connectivity index (χ0n) is 15.3. The molecule has 2 aromatic rings. The molecule has 0 bridgehead atoms. The van der Waals surface area contributed by atoms with E-state index in [9.17, 15) is 9.90 Å². The molecule has 1 fully saturated rings. The first-order valence-corrected chi connectivity index (χ1v) is 9.36. The average molecular weight is 353 g/mol. The van der Waals surface area contributed by atoms with Crippen molar-refractivity contribution in [1.82, 2.24) is 4.90 Å². The molecule has 0 saturated carbocycles. The summed E-state index contributed by atoms with van der Waals surface area (Å²) in [5.41, 5.74) is 0.837. The second-order valence-electron chi connectivity index (χ2n) is 6.85. The van der Waals surface area contributed by atoms with Crippen LogP contribution in [0, 0.1) is 5.92 Å². The molecule has 0 aliphatic carbocycles. The minimum atomic E-state index is -1.02. The number of aliphatic hydroxyl groups is 1. The number of ether oxygens (including phenoxy) is 1. The summed E-state index contributed by atoms with van der Waals surface area (Å²) < 4.78 is 5.05. The monoisotopic (exact) mass is 353 g/mol. The van der Waals surface area contributed by atoms with Crippen LogP contribution in [0.4, 0.5) is 0 Å². The molecule has 0 amide bonds. The van der Waals surface area contributed by atoms with Gasteiger partial charge in [0.2, 0.25) is 0 Å². The van der Waals surface area contributed by atoms with E-state index in [-0.39, 0.29) is 11.9 Å². The number of nitrogens with zero attached hydrogens (tertiary/aromatic N) is 1. The van der Waals surface area contributed by atoms with Gasteiger partial charge in [0.15, 0.2) is 0 Å². The summed E-state index contributed by atoms with van der Waals surface area (Å²) in [5.74, 6) is -0.0712. The predicted octanol–water partition coefficient (Wildman–Crippen LogP) is 3.20. The van der Waals surface area contributed by atoms with Gasteiger partial charge in [-0.25, -0.2) is 0 Å². The lowest BCUT2D eigenvalue weighted by atomic mass is 9.72. The third kappa shape index (κ3) is 3.97. The van der Waals surface area contributed by atoms with Gasteiger partial charge in [0.05, 0.1) is 13.2 Å². The Labute approximate surface area is 155 Å². The Kier molecular flexibility index (Phi) is 6.07. The standard InChI is InChI=1S/C22H27NO3/c1-2-26-21(24)17-23-15-13-20(14-16-23)22(25,18-9-5-3-6-10-18)19-11-7-4-8-12-19/h3-12,20,25H,2,13-17H2,1H3. The summed E-state index contributed by atoms with van der Waals surface area (Å²) in [4.78, 5) is 13.8. The van der Waals surface area contributed by atoms with E-state index in [1.54, 1.807) is 0 Å². The van der Waals surface area contributed by atoms with Gasteiger partial charge in [0.25, 0.3) is 0 Å².